The zero-order valence-corrected chi connectivity index (χ0v) is 9.64. The maximum Gasteiger partial charge on any atom is 0.223 e. The van der Waals surface area contributed by atoms with Crippen LogP contribution in [0.3, 0.4) is 0 Å². The van der Waals surface area contributed by atoms with Crippen LogP contribution in [0, 0.1) is 5.92 Å². The molecule has 0 aliphatic rings. The Labute approximate surface area is 95.6 Å². The van der Waals surface area contributed by atoms with E-state index in [9.17, 15) is 4.79 Å². The third-order valence-electron chi connectivity index (χ3n) is 2.38. The zero-order chi connectivity index (χ0) is 12.1. The first-order valence-corrected chi connectivity index (χ1v) is 5.29. The highest BCUT2D eigenvalue weighted by Crippen LogP contribution is 2.23. The molecule has 2 atom stereocenters. The lowest BCUT2D eigenvalue weighted by Crippen LogP contribution is -2.26. The minimum atomic E-state index is -0.363. The molecule has 1 rings (SSSR count). The van der Waals surface area contributed by atoms with Crippen molar-refractivity contribution in [1.29, 1.82) is 0 Å². The third-order valence-corrected chi connectivity index (χ3v) is 2.38. The third kappa shape index (κ3) is 3.24. The summed E-state index contributed by atoms with van der Waals surface area (Å²) in [5.74, 6) is 0.0463. The molecule has 4 N–H and O–H groups in total. The van der Waals surface area contributed by atoms with E-state index >= 15 is 0 Å². The molecular formula is C12H18N2O2. The average Bonchev–Trinajstić information content (AvgIpc) is 2.25. The number of rotatable bonds is 5. The van der Waals surface area contributed by atoms with Gasteiger partial charge in [0.15, 0.2) is 0 Å². The summed E-state index contributed by atoms with van der Waals surface area (Å²) in [6.45, 7) is 3.90. The van der Waals surface area contributed by atoms with Crippen molar-refractivity contribution in [1.82, 2.24) is 0 Å². The number of para-hydroxylation sites is 1. The molecule has 0 aliphatic carbocycles. The van der Waals surface area contributed by atoms with E-state index in [4.69, 9.17) is 16.2 Å². The molecule has 4 nitrogen and oxygen atoms in total. The summed E-state index contributed by atoms with van der Waals surface area (Å²) in [6, 6.07) is 7.43. The number of carbonyl (C=O) groups is 1. The Morgan fingerprint density at radius 1 is 1.38 bits per heavy atom. The molecule has 0 fully saturated rings. The van der Waals surface area contributed by atoms with Gasteiger partial charge in [-0.3, -0.25) is 4.79 Å². The summed E-state index contributed by atoms with van der Waals surface area (Å²) >= 11 is 0. The average molecular weight is 222 g/mol. The Balaban J connectivity index is 2.70. The Morgan fingerprint density at radius 2 is 2.00 bits per heavy atom. The van der Waals surface area contributed by atoms with Crippen molar-refractivity contribution in [3.05, 3.63) is 29.8 Å². The van der Waals surface area contributed by atoms with E-state index in [0.29, 0.717) is 5.75 Å². The van der Waals surface area contributed by atoms with E-state index in [1.54, 1.807) is 6.92 Å². The molecule has 0 spiro atoms. The topological polar surface area (TPSA) is 78.3 Å². The van der Waals surface area contributed by atoms with Gasteiger partial charge in [0.25, 0.3) is 0 Å². The van der Waals surface area contributed by atoms with Crippen molar-refractivity contribution in [2.24, 2.45) is 17.4 Å². The molecule has 0 bridgehead atoms. The molecule has 0 saturated carbocycles. The summed E-state index contributed by atoms with van der Waals surface area (Å²) in [7, 11) is 0. The van der Waals surface area contributed by atoms with E-state index in [0.717, 1.165) is 5.56 Å². The number of benzene rings is 1. The SMILES string of the molecule is CC(COc1ccccc1C(C)N)C(N)=O. The Bertz CT molecular complexity index is 364. The van der Waals surface area contributed by atoms with Gasteiger partial charge in [-0.15, -0.1) is 0 Å². The van der Waals surface area contributed by atoms with Gasteiger partial charge >= 0.3 is 0 Å². The van der Waals surface area contributed by atoms with E-state index in [2.05, 4.69) is 0 Å². The fourth-order valence-electron chi connectivity index (χ4n) is 1.29. The number of hydrogen-bond acceptors (Lipinski definition) is 3. The number of primary amides is 1. The second-order valence-corrected chi connectivity index (χ2v) is 3.94. The van der Waals surface area contributed by atoms with Crippen molar-refractivity contribution in [2.75, 3.05) is 6.61 Å². The van der Waals surface area contributed by atoms with Crippen LogP contribution in [0.1, 0.15) is 25.5 Å². The molecule has 4 heteroatoms. The highest BCUT2D eigenvalue weighted by Gasteiger charge is 2.12. The molecule has 0 heterocycles. The fraction of sp³-hybridized carbons (Fsp3) is 0.417. The summed E-state index contributed by atoms with van der Waals surface area (Å²) in [5, 5.41) is 0. The predicted molar refractivity (Wildman–Crippen MR) is 62.9 cm³/mol. The molecular weight excluding hydrogens is 204 g/mol. The smallest absolute Gasteiger partial charge is 0.223 e. The van der Waals surface area contributed by atoms with Gasteiger partial charge in [0.05, 0.1) is 12.5 Å². The number of ether oxygens (including phenoxy) is 1. The normalized spacial score (nSPS) is 14.2. The lowest BCUT2D eigenvalue weighted by Gasteiger charge is -2.15. The number of amides is 1. The van der Waals surface area contributed by atoms with Crippen molar-refractivity contribution < 1.29 is 9.53 Å². The van der Waals surface area contributed by atoms with Gasteiger partial charge in [-0.1, -0.05) is 25.1 Å². The van der Waals surface area contributed by atoms with Gasteiger partial charge in [0.1, 0.15) is 5.75 Å². The molecule has 1 aromatic rings. The van der Waals surface area contributed by atoms with E-state index < -0.39 is 0 Å². The summed E-state index contributed by atoms with van der Waals surface area (Å²) in [5.41, 5.74) is 11.9. The van der Waals surface area contributed by atoms with Crippen LogP contribution in [0.2, 0.25) is 0 Å². The Morgan fingerprint density at radius 3 is 2.56 bits per heavy atom. The van der Waals surface area contributed by atoms with Crippen molar-refractivity contribution >= 4 is 5.91 Å². The van der Waals surface area contributed by atoms with Gasteiger partial charge in [0.2, 0.25) is 5.91 Å². The monoisotopic (exact) mass is 222 g/mol. The van der Waals surface area contributed by atoms with Crippen molar-refractivity contribution in [2.45, 2.75) is 19.9 Å². The summed E-state index contributed by atoms with van der Waals surface area (Å²) in [6.07, 6.45) is 0. The molecule has 0 aliphatic heterocycles. The van der Waals surface area contributed by atoms with Gasteiger partial charge in [-0.2, -0.15) is 0 Å². The highest BCUT2D eigenvalue weighted by atomic mass is 16.5. The maximum absolute atomic E-state index is 10.9. The molecule has 0 radical (unpaired) electrons. The first-order valence-electron chi connectivity index (χ1n) is 5.29. The van der Waals surface area contributed by atoms with E-state index in [-0.39, 0.29) is 24.5 Å². The van der Waals surface area contributed by atoms with Crippen molar-refractivity contribution in [3.63, 3.8) is 0 Å². The second kappa shape index (κ2) is 5.51. The minimum absolute atomic E-state index is 0.0971. The quantitative estimate of drug-likeness (QED) is 0.785. The molecule has 0 saturated heterocycles. The van der Waals surface area contributed by atoms with Gasteiger partial charge < -0.3 is 16.2 Å². The molecule has 1 amide bonds. The highest BCUT2D eigenvalue weighted by molar-refractivity contribution is 5.76. The van der Waals surface area contributed by atoms with Crippen LogP contribution in [-0.2, 0) is 4.79 Å². The molecule has 16 heavy (non-hydrogen) atoms. The lowest BCUT2D eigenvalue weighted by atomic mass is 10.1. The maximum atomic E-state index is 10.9. The van der Waals surface area contributed by atoms with Crippen LogP contribution in [0.4, 0.5) is 0 Å². The summed E-state index contributed by atoms with van der Waals surface area (Å²) < 4.78 is 5.54. The molecule has 88 valence electrons. The largest absolute Gasteiger partial charge is 0.492 e. The van der Waals surface area contributed by atoms with Crippen LogP contribution in [0.5, 0.6) is 5.75 Å². The molecule has 0 aromatic heterocycles. The zero-order valence-electron chi connectivity index (χ0n) is 9.64. The lowest BCUT2D eigenvalue weighted by molar-refractivity contribution is -0.122. The second-order valence-electron chi connectivity index (χ2n) is 3.94. The van der Waals surface area contributed by atoms with Gasteiger partial charge in [-0.25, -0.2) is 0 Å². The first kappa shape index (κ1) is 12.5. The Hall–Kier alpha value is -1.55. The first-order chi connectivity index (χ1) is 7.52. The van der Waals surface area contributed by atoms with E-state index in [1.165, 1.54) is 0 Å². The number of carbonyl (C=O) groups excluding carboxylic acids is 1. The van der Waals surface area contributed by atoms with Crippen LogP contribution < -0.4 is 16.2 Å². The van der Waals surface area contributed by atoms with Crippen LogP contribution in [0.25, 0.3) is 0 Å². The predicted octanol–water partition coefficient (Wildman–Crippen LogP) is 1.21. The Kier molecular flexibility index (Phi) is 4.31. The summed E-state index contributed by atoms with van der Waals surface area (Å²) in [4.78, 5) is 10.9. The van der Waals surface area contributed by atoms with Crippen LogP contribution >= 0.6 is 0 Å². The molecule has 2 unspecified atom stereocenters. The number of hydrogen-bond donors (Lipinski definition) is 2. The van der Waals surface area contributed by atoms with Gasteiger partial charge in [-0.05, 0) is 13.0 Å². The van der Waals surface area contributed by atoms with Crippen molar-refractivity contribution in [3.8, 4) is 5.75 Å². The van der Waals surface area contributed by atoms with Crippen LogP contribution in [0.15, 0.2) is 24.3 Å². The fourth-order valence-corrected chi connectivity index (χ4v) is 1.29. The molecule has 1 aromatic carbocycles. The van der Waals surface area contributed by atoms with Crippen LogP contribution in [-0.4, -0.2) is 12.5 Å². The van der Waals surface area contributed by atoms with E-state index in [1.807, 2.05) is 31.2 Å². The minimum Gasteiger partial charge on any atom is -0.492 e. The number of nitrogens with two attached hydrogens (primary N) is 2. The standard InChI is InChI=1S/C12H18N2O2/c1-8(12(14)15)7-16-11-6-4-3-5-10(11)9(2)13/h3-6,8-9H,7,13H2,1-2H3,(H2,14,15). The van der Waals surface area contributed by atoms with Gasteiger partial charge in [0, 0.05) is 11.6 Å².